The summed E-state index contributed by atoms with van der Waals surface area (Å²) in [6.07, 6.45) is 2.58. The highest BCUT2D eigenvalue weighted by Gasteiger charge is 2.21. The molecule has 1 unspecified atom stereocenters. The summed E-state index contributed by atoms with van der Waals surface area (Å²) in [5.41, 5.74) is 7.78. The van der Waals surface area contributed by atoms with Crippen LogP contribution in [0.5, 0.6) is 5.75 Å². The van der Waals surface area contributed by atoms with Gasteiger partial charge in [-0.1, -0.05) is 25.2 Å². The molecule has 0 amide bonds. The van der Waals surface area contributed by atoms with E-state index in [1.165, 1.54) is 31.5 Å². The summed E-state index contributed by atoms with van der Waals surface area (Å²) in [6.45, 7) is 5.99. The molecule has 0 spiro atoms. The molecule has 0 aliphatic carbocycles. The van der Waals surface area contributed by atoms with Crippen LogP contribution in [0, 0.1) is 17.8 Å². The number of benzene rings is 1. The Kier molecular flexibility index (Phi) is 5.46. The average molecular weight is 272 g/mol. The van der Waals surface area contributed by atoms with Crippen LogP contribution >= 0.6 is 0 Å². The normalized spacial score (nSPS) is 18.6. The van der Waals surface area contributed by atoms with Gasteiger partial charge < -0.3 is 10.5 Å². The maximum Gasteiger partial charge on any atom is 0.119 e. The predicted molar refractivity (Wildman–Crippen MR) is 82.6 cm³/mol. The second-order valence-corrected chi connectivity index (χ2v) is 5.33. The average Bonchev–Trinajstić information content (AvgIpc) is 2.93. The van der Waals surface area contributed by atoms with E-state index in [1.807, 2.05) is 12.1 Å². The van der Waals surface area contributed by atoms with E-state index in [9.17, 15) is 0 Å². The Morgan fingerprint density at radius 3 is 2.95 bits per heavy atom. The molecule has 1 saturated heterocycles. The molecule has 3 heteroatoms. The minimum atomic E-state index is 0.396. The molecule has 0 saturated carbocycles. The van der Waals surface area contributed by atoms with Crippen molar-refractivity contribution in [3.05, 3.63) is 29.3 Å². The first-order valence-electron chi connectivity index (χ1n) is 7.35. The van der Waals surface area contributed by atoms with E-state index >= 15 is 0 Å². The Bertz CT molecular complexity index is 501. The number of rotatable bonds is 4. The lowest BCUT2D eigenvalue weighted by Crippen LogP contribution is -2.20. The van der Waals surface area contributed by atoms with Gasteiger partial charge in [0.15, 0.2) is 0 Å². The highest BCUT2D eigenvalue weighted by Crippen LogP contribution is 2.24. The molecule has 1 aliphatic heterocycles. The second kappa shape index (κ2) is 7.33. The number of likely N-dealkylation sites (tertiary alicyclic amines) is 1. The molecule has 1 heterocycles. The molecule has 108 valence electrons. The number of hydrogen-bond acceptors (Lipinski definition) is 3. The van der Waals surface area contributed by atoms with Crippen molar-refractivity contribution >= 4 is 0 Å². The molecule has 20 heavy (non-hydrogen) atoms. The topological polar surface area (TPSA) is 38.5 Å². The standard InChI is InChI=1S/C17H24N2O/c1-3-14-8-10-19(12-14)13-16-11-17(20-2)7-6-15(16)5-4-9-18/h6-7,11,14H,3,8-10,12-13,18H2,1-2H3. The van der Waals surface area contributed by atoms with Crippen LogP contribution in [0.2, 0.25) is 0 Å². The Hall–Kier alpha value is -1.50. The van der Waals surface area contributed by atoms with Crippen LogP contribution in [0.1, 0.15) is 30.9 Å². The molecule has 1 aromatic carbocycles. The maximum absolute atomic E-state index is 5.47. The van der Waals surface area contributed by atoms with Gasteiger partial charge in [-0.3, -0.25) is 4.90 Å². The van der Waals surface area contributed by atoms with Crippen LogP contribution in [0.3, 0.4) is 0 Å². The lowest BCUT2D eigenvalue weighted by Gasteiger charge is -2.17. The van der Waals surface area contributed by atoms with E-state index < -0.39 is 0 Å². The zero-order valence-corrected chi connectivity index (χ0v) is 12.5. The first-order chi connectivity index (χ1) is 9.76. The first kappa shape index (κ1) is 14.9. The van der Waals surface area contributed by atoms with Gasteiger partial charge in [0.1, 0.15) is 5.75 Å². The molecule has 3 nitrogen and oxygen atoms in total. The van der Waals surface area contributed by atoms with Gasteiger partial charge in [0, 0.05) is 18.7 Å². The van der Waals surface area contributed by atoms with Gasteiger partial charge >= 0.3 is 0 Å². The third-order valence-electron chi connectivity index (χ3n) is 3.98. The van der Waals surface area contributed by atoms with E-state index in [2.05, 4.69) is 29.7 Å². The summed E-state index contributed by atoms with van der Waals surface area (Å²) in [7, 11) is 1.70. The molecule has 0 radical (unpaired) electrons. The van der Waals surface area contributed by atoms with E-state index in [0.29, 0.717) is 6.54 Å². The molecular formula is C17H24N2O. The fraction of sp³-hybridized carbons (Fsp3) is 0.529. The zero-order chi connectivity index (χ0) is 14.4. The monoisotopic (exact) mass is 272 g/mol. The highest BCUT2D eigenvalue weighted by atomic mass is 16.5. The van der Waals surface area contributed by atoms with E-state index in [0.717, 1.165) is 23.8 Å². The first-order valence-corrected chi connectivity index (χ1v) is 7.35. The summed E-state index contributed by atoms with van der Waals surface area (Å²) in [6, 6.07) is 6.09. The van der Waals surface area contributed by atoms with Gasteiger partial charge in [-0.25, -0.2) is 0 Å². The Morgan fingerprint density at radius 1 is 1.45 bits per heavy atom. The van der Waals surface area contributed by atoms with Crippen LogP contribution in [0.4, 0.5) is 0 Å². The van der Waals surface area contributed by atoms with Crippen LogP contribution < -0.4 is 10.5 Å². The Balaban J connectivity index is 2.15. The second-order valence-electron chi connectivity index (χ2n) is 5.33. The fourth-order valence-electron chi connectivity index (χ4n) is 2.73. The van der Waals surface area contributed by atoms with Crippen molar-refractivity contribution in [1.82, 2.24) is 4.90 Å². The van der Waals surface area contributed by atoms with Crippen molar-refractivity contribution in [2.24, 2.45) is 11.7 Å². The molecule has 0 bridgehead atoms. The number of methoxy groups -OCH3 is 1. The quantitative estimate of drug-likeness (QED) is 0.854. The lowest BCUT2D eigenvalue weighted by atomic mass is 10.1. The van der Waals surface area contributed by atoms with Crippen molar-refractivity contribution in [1.29, 1.82) is 0 Å². The minimum absolute atomic E-state index is 0.396. The van der Waals surface area contributed by atoms with Gasteiger partial charge in [-0.15, -0.1) is 0 Å². The Morgan fingerprint density at radius 2 is 2.30 bits per heavy atom. The van der Waals surface area contributed by atoms with Gasteiger partial charge in [0.2, 0.25) is 0 Å². The van der Waals surface area contributed by atoms with E-state index in [1.54, 1.807) is 7.11 Å². The molecule has 0 aromatic heterocycles. The summed E-state index contributed by atoms with van der Waals surface area (Å²) < 4.78 is 5.33. The molecular weight excluding hydrogens is 248 g/mol. The van der Waals surface area contributed by atoms with E-state index in [-0.39, 0.29) is 0 Å². The van der Waals surface area contributed by atoms with E-state index in [4.69, 9.17) is 10.5 Å². The van der Waals surface area contributed by atoms with Gasteiger partial charge in [-0.05, 0) is 42.6 Å². The maximum atomic E-state index is 5.47. The van der Waals surface area contributed by atoms with Gasteiger partial charge in [0.25, 0.3) is 0 Å². The highest BCUT2D eigenvalue weighted by molar-refractivity contribution is 5.45. The summed E-state index contributed by atoms with van der Waals surface area (Å²) in [5, 5.41) is 0. The number of nitrogens with zero attached hydrogens (tertiary/aromatic N) is 1. The lowest BCUT2D eigenvalue weighted by molar-refractivity contribution is 0.314. The van der Waals surface area contributed by atoms with Crippen molar-refractivity contribution in [3.63, 3.8) is 0 Å². The van der Waals surface area contributed by atoms with Crippen LogP contribution in [-0.2, 0) is 6.54 Å². The van der Waals surface area contributed by atoms with Crippen LogP contribution in [0.25, 0.3) is 0 Å². The van der Waals surface area contributed by atoms with Crippen molar-refractivity contribution in [2.45, 2.75) is 26.3 Å². The van der Waals surface area contributed by atoms with Crippen LogP contribution in [0.15, 0.2) is 18.2 Å². The molecule has 1 fully saturated rings. The van der Waals surface area contributed by atoms with Crippen molar-refractivity contribution in [2.75, 3.05) is 26.7 Å². The Labute approximate surface area is 122 Å². The summed E-state index contributed by atoms with van der Waals surface area (Å²) in [5.74, 6) is 7.85. The molecule has 1 atom stereocenters. The van der Waals surface area contributed by atoms with Gasteiger partial charge in [-0.2, -0.15) is 0 Å². The number of ether oxygens (including phenoxy) is 1. The SMILES string of the molecule is CCC1CCN(Cc2cc(OC)ccc2C#CCN)C1. The summed E-state index contributed by atoms with van der Waals surface area (Å²) >= 11 is 0. The number of nitrogens with two attached hydrogens (primary N) is 1. The van der Waals surface area contributed by atoms with Gasteiger partial charge in [0.05, 0.1) is 13.7 Å². The smallest absolute Gasteiger partial charge is 0.119 e. The molecule has 2 rings (SSSR count). The van der Waals surface area contributed by atoms with Crippen molar-refractivity contribution < 1.29 is 4.74 Å². The summed E-state index contributed by atoms with van der Waals surface area (Å²) in [4.78, 5) is 2.51. The third-order valence-corrected chi connectivity index (χ3v) is 3.98. The van der Waals surface area contributed by atoms with Crippen molar-refractivity contribution in [3.8, 4) is 17.6 Å². The predicted octanol–water partition coefficient (Wildman–Crippen LogP) is 2.24. The van der Waals surface area contributed by atoms with Crippen LogP contribution in [-0.4, -0.2) is 31.6 Å². The third kappa shape index (κ3) is 3.75. The fourth-order valence-corrected chi connectivity index (χ4v) is 2.73. The molecule has 2 N–H and O–H groups in total. The zero-order valence-electron chi connectivity index (χ0n) is 12.5. The molecule has 1 aromatic rings. The molecule has 1 aliphatic rings. The largest absolute Gasteiger partial charge is 0.497 e. The minimum Gasteiger partial charge on any atom is -0.497 e. The number of hydrogen-bond donors (Lipinski definition) is 1.